The van der Waals surface area contributed by atoms with Crippen LogP contribution in [0.15, 0.2) is 40.1 Å². The van der Waals surface area contributed by atoms with Crippen LogP contribution in [-0.2, 0) is 42.6 Å². The molecule has 0 aliphatic carbocycles. The van der Waals surface area contributed by atoms with E-state index in [2.05, 4.69) is 0 Å². The quantitative estimate of drug-likeness (QED) is 0.393. The molecule has 0 atom stereocenters. The van der Waals surface area contributed by atoms with Gasteiger partial charge in [0, 0.05) is 7.11 Å². The molecule has 3 N–H and O–H groups in total. The van der Waals surface area contributed by atoms with Crippen molar-refractivity contribution in [3.63, 3.8) is 0 Å². The maximum Gasteiger partial charge on any atom is 0.337 e. The van der Waals surface area contributed by atoms with Crippen molar-refractivity contribution >= 4 is 31.9 Å². The number of nitrogens with one attached hydrogen (secondary N) is 2. The van der Waals surface area contributed by atoms with Crippen LogP contribution in [0.4, 0.5) is 0 Å². The highest BCUT2D eigenvalue weighted by Gasteiger charge is 2.28. The lowest BCUT2D eigenvalue weighted by atomic mass is 9.85. The summed E-state index contributed by atoms with van der Waals surface area (Å²) in [6, 6.07) is 6.40. The largest absolute Gasteiger partial charge is 0.478 e. The topological polar surface area (TPSA) is 156 Å². The molecule has 0 aliphatic rings. The standard InChI is InChI=1S/C24H32N2O8S2/c1-14(2)18-9-16(13-34-6)10-19(15(3)4)20(18)12-23(27)26-36(32,33)22-8-7-17(35(30,31)25-5)11-21(22)24(28)29/h7-11,14-15,25H,12-13H2,1-6H3,(H,26,27)(H,28,29). The molecule has 0 bridgehead atoms. The van der Waals surface area contributed by atoms with Gasteiger partial charge in [0.05, 0.1) is 23.5 Å². The summed E-state index contributed by atoms with van der Waals surface area (Å²) in [5, 5.41) is 9.52. The molecule has 0 fully saturated rings. The first-order valence-electron chi connectivity index (χ1n) is 11.2. The number of sulfonamides is 2. The molecule has 0 radical (unpaired) electrons. The number of rotatable bonds is 11. The van der Waals surface area contributed by atoms with Crippen molar-refractivity contribution in [2.75, 3.05) is 14.2 Å². The predicted molar refractivity (Wildman–Crippen MR) is 134 cm³/mol. The van der Waals surface area contributed by atoms with Gasteiger partial charge in [0.2, 0.25) is 15.9 Å². The van der Waals surface area contributed by atoms with Crippen molar-refractivity contribution in [3.8, 4) is 0 Å². The molecule has 0 saturated carbocycles. The maximum absolute atomic E-state index is 13.0. The zero-order chi connectivity index (χ0) is 27.4. The monoisotopic (exact) mass is 540 g/mol. The van der Waals surface area contributed by atoms with Crippen LogP contribution in [0.25, 0.3) is 0 Å². The summed E-state index contributed by atoms with van der Waals surface area (Å²) < 4.78 is 59.3. The Morgan fingerprint density at radius 3 is 1.94 bits per heavy atom. The average molecular weight is 541 g/mol. The van der Waals surface area contributed by atoms with E-state index in [0.29, 0.717) is 12.2 Å². The highest BCUT2D eigenvalue weighted by atomic mass is 32.2. The van der Waals surface area contributed by atoms with E-state index >= 15 is 0 Å². The zero-order valence-corrected chi connectivity index (χ0v) is 22.7. The van der Waals surface area contributed by atoms with Gasteiger partial charge in [-0.15, -0.1) is 0 Å². The molecule has 198 valence electrons. The van der Waals surface area contributed by atoms with Crippen LogP contribution in [0.1, 0.15) is 72.1 Å². The lowest BCUT2D eigenvalue weighted by molar-refractivity contribution is -0.118. The van der Waals surface area contributed by atoms with Crippen LogP contribution in [0.2, 0.25) is 0 Å². The van der Waals surface area contributed by atoms with Gasteiger partial charge in [0.15, 0.2) is 0 Å². The van der Waals surface area contributed by atoms with Crippen LogP contribution in [-0.4, -0.2) is 48.0 Å². The predicted octanol–water partition coefficient (Wildman–Crippen LogP) is 2.73. The molecule has 36 heavy (non-hydrogen) atoms. The van der Waals surface area contributed by atoms with Gasteiger partial charge < -0.3 is 9.84 Å². The van der Waals surface area contributed by atoms with Gasteiger partial charge in [-0.3, -0.25) is 4.79 Å². The van der Waals surface area contributed by atoms with Crippen molar-refractivity contribution in [2.45, 2.75) is 62.3 Å². The van der Waals surface area contributed by atoms with E-state index in [9.17, 15) is 31.5 Å². The first-order valence-corrected chi connectivity index (χ1v) is 14.1. The zero-order valence-electron chi connectivity index (χ0n) is 21.1. The molecule has 0 unspecified atom stereocenters. The molecule has 12 heteroatoms. The molecule has 0 spiro atoms. The molecule has 0 heterocycles. The summed E-state index contributed by atoms with van der Waals surface area (Å²) in [6.45, 7) is 8.25. The van der Waals surface area contributed by atoms with Crippen molar-refractivity contribution in [3.05, 3.63) is 58.1 Å². The summed E-state index contributed by atoms with van der Waals surface area (Å²) in [5.41, 5.74) is 2.62. The number of aromatic carboxylic acids is 1. The number of methoxy groups -OCH3 is 1. The van der Waals surface area contributed by atoms with Crippen molar-refractivity contribution in [1.82, 2.24) is 9.44 Å². The number of benzene rings is 2. The van der Waals surface area contributed by atoms with Gasteiger partial charge in [0.1, 0.15) is 4.90 Å². The normalized spacial score (nSPS) is 12.2. The fraction of sp³-hybridized carbons (Fsp3) is 0.417. The fourth-order valence-electron chi connectivity index (χ4n) is 3.86. The Morgan fingerprint density at radius 1 is 0.944 bits per heavy atom. The third-order valence-electron chi connectivity index (χ3n) is 5.57. The van der Waals surface area contributed by atoms with Crippen LogP contribution < -0.4 is 9.44 Å². The number of carbonyl (C=O) groups is 2. The van der Waals surface area contributed by atoms with Gasteiger partial charge in [-0.2, -0.15) is 0 Å². The first-order chi connectivity index (χ1) is 16.6. The Balaban J connectivity index is 2.49. The molecule has 2 rings (SSSR count). The van der Waals surface area contributed by atoms with Crippen molar-refractivity contribution in [2.24, 2.45) is 0 Å². The maximum atomic E-state index is 13.0. The Bertz CT molecular complexity index is 1340. The molecule has 0 aromatic heterocycles. The summed E-state index contributed by atoms with van der Waals surface area (Å²) in [6.07, 6.45) is -0.248. The molecule has 1 amide bonds. The van der Waals surface area contributed by atoms with E-state index in [1.54, 1.807) is 7.11 Å². The third-order valence-corrected chi connectivity index (χ3v) is 8.41. The van der Waals surface area contributed by atoms with Gasteiger partial charge in [0.25, 0.3) is 10.0 Å². The van der Waals surface area contributed by atoms with Crippen molar-refractivity contribution < 1.29 is 36.3 Å². The van der Waals surface area contributed by atoms with E-state index in [1.807, 2.05) is 49.3 Å². The first kappa shape index (κ1) is 29.4. The summed E-state index contributed by atoms with van der Waals surface area (Å²) in [7, 11) is -5.92. The second-order valence-electron chi connectivity index (χ2n) is 8.87. The number of ether oxygens (including phenoxy) is 1. The van der Waals surface area contributed by atoms with Gasteiger partial charge in [-0.25, -0.2) is 31.1 Å². The number of hydrogen-bond acceptors (Lipinski definition) is 7. The van der Waals surface area contributed by atoms with Crippen LogP contribution in [0, 0.1) is 0 Å². The third kappa shape index (κ3) is 6.69. The minimum absolute atomic E-state index is 0.0407. The molecule has 0 saturated heterocycles. The highest BCUT2D eigenvalue weighted by molar-refractivity contribution is 7.90. The lowest BCUT2D eigenvalue weighted by Crippen LogP contribution is -2.33. The summed E-state index contributed by atoms with van der Waals surface area (Å²) >= 11 is 0. The second-order valence-corrected chi connectivity index (χ2v) is 12.4. The Kier molecular flexibility index (Phi) is 9.40. The van der Waals surface area contributed by atoms with Crippen LogP contribution in [0.3, 0.4) is 0 Å². The molecular formula is C24H32N2O8S2. The molecule has 2 aromatic rings. The molecule has 10 nitrogen and oxygen atoms in total. The van der Waals surface area contributed by atoms with Crippen molar-refractivity contribution in [1.29, 1.82) is 0 Å². The van der Waals surface area contributed by atoms with Crippen LogP contribution >= 0.6 is 0 Å². The van der Waals surface area contributed by atoms with Gasteiger partial charge in [-0.1, -0.05) is 39.8 Å². The highest BCUT2D eigenvalue weighted by Crippen LogP contribution is 2.30. The van der Waals surface area contributed by atoms with E-state index in [0.717, 1.165) is 41.9 Å². The minimum Gasteiger partial charge on any atom is -0.478 e. The van der Waals surface area contributed by atoms with E-state index in [-0.39, 0.29) is 18.3 Å². The number of carboxylic acid groups (broad SMARTS) is 1. The Labute approximate surface area is 212 Å². The summed E-state index contributed by atoms with van der Waals surface area (Å²) in [5.74, 6) is -2.42. The Morgan fingerprint density at radius 2 is 1.50 bits per heavy atom. The average Bonchev–Trinajstić information content (AvgIpc) is 2.78. The van der Waals surface area contributed by atoms with Gasteiger partial charge >= 0.3 is 5.97 Å². The smallest absolute Gasteiger partial charge is 0.337 e. The lowest BCUT2D eigenvalue weighted by Gasteiger charge is -2.21. The number of hydrogen-bond donors (Lipinski definition) is 3. The van der Waals surface area contributed by atoms with E-state index in [4.69, 9.17) is 4.74 Å². The molecule has 0 aliphatic heterocycles. The Hall–Kier alpha value is -2.80. The number of amides is 1. The van der Waals surface area contributed by atoms with Crippen LogP contribution in [0.5, 0.6) is 0 Å². The number of carboxylic acids is 1. The SMILES string of the molecule is CNS(=O)(=O)c1ccc(S(=O)(=O)NC(=O)Cc2c(C(C)C)cc(COC)cc2C(C)C)c(C(=O)O)c1. The molecular weight excluding hydrogens is 508 g/mol. The minimum atomic E-state index is -4.62. The van der Waals surface area contributed by atoms with Gasteiger partial charge in [-0.05, 0) is 59.3 Å². The number of carbonyl (C=O) groups excluding carboxylic acids is 1. The van der Waals surface area contributed by atoms with E-state index < -0.39 is 47.3 Å². The second kappa shape index (κ2) is 11.5. The summed E-state index contributed by atoms with van der Waals surface area (Å²) in [4.78, 5) is 23.5. The van der Waals surface area contributed by atoms with E-state index in [1.165, 1.54) is 0 Å². The molecule has 2 aromatic carbocycles. The fourth-order valence-corrected chi connectivity index (χ4v) is 5.78.